The SMILES string of the molecule is C[C@@H]1CCCC[C@H]1NC(=S)Nc1cccc(Cl)c1F. The van der Waals surface area contributed by atoms with Crippen molar-refractivity contribution in [2.75, 3.05) is 5.32 Å². The van der Waals surface area contributed by atoms with Gasteiger partial charge < -0.3 is 10.6 Å². The molecular weight excluding hydrogens is 283 g/mol. The second-order valence-electron chi connectivity index (χ2n) is 5.07. The summed E-state index contributed by atoms with van der Waals surface area (Å²) >= 11 is 11.0. The van der Waals surface area contributed by atoms with Crippen LogP contribution >= 0.6 is 23.8 Å². The fourth-order valence-corrected chi connectivity index (χ4v) is 2.89. The van der Waals surface area contributed by atoms with E-state index < -0.39 is 5.82 Å². The first-order chi connectivity index (χ1) is 9.08. The number of anilines is 1. The van der Waals surface area contributed by atoms with Crippen LogP contribution < -0.4 is 10.6 Å². The molecule has 1 aromatic carbocycles. The molecule has 2 nitrogen and oxygen atoms in total. The molecule has 0 spiro atoms. The lowest BCUT2D eigenvalue weighted by atomic mass is 9.86. The first-order valence-electron chi connectivity index (χ1n) is 6.59. The largest absolute Gasteiger partial charge is 0.359 e. The second-order valence-corrected chi connectivity index (χ2v) is 5.88. The summed E-state index contributed by atoms with van der Waals surface area (Å²) in [4.78, 5) is 0. The predicted molar refractivity (Wildman–Crippen MR) is 82.2 cm³/mol. The molecule has 104 valence electrons. The second kappa shape index (κ2) is 6.53. The molecule has 0 radical (unpaired) electrons. The Bertz CT molecular complexity index is 467. The molecule has 1 aromatic rings. The van der Waals surface area contributed by atoms with Crippen molar-refractivity contribution in [3.8, 4) is 0 Å². The molecule has 19 heavy (non-hydrogen) atoms. The molecule has 1 aliphatic rings. The number of hydrogen-bond donors (Lipinski definition) is 2. The van der Waals surface area contributed by atoms with E-state index in [1.807, 2.05) is 0 Å². The van der Waals surface area contributed by atoms with E-state index in [9.17, 15) is 4.39 Å². The summed E-state index contributed by atoms with van der Waals surface area (Å²) in [7, 11) is 0. The van der Waals surface area contributed by atoms with Gasteiger partial charge in [0.2, 0.25) is 0 Å². The molecule has 1 saturated carbocycles. The molecule has 0 saturated heterocycles. The van der Waals surface area contributed by atoms with Gasteiger partial charge in [-0.15, -0.1) is 0 Å². The monoisotopic (exact) mass is 300 g/mol. The molecule has 0 bridgehead atoms. The van der Waals surface area contributed by atoms with Crippen molar-refractivity contribution in [3.05, 3.63) is 29.0 Å². The van der Waals surface area contributed by atoms with Crippen molar-refractivity contribution >= 4 is 34.6 Å². The summed E-state index contributed by atoms with van der Waals surface area (Å²) in [5.74, 6) is 0.128. The zero-order valence-electron chi connectivity index (χ0n) is 10.9. The number of benzene rings is 1. The number of nitrogens with one attached hydrogen (secondary N) is 2. The van der Waals surface area contributed by atoms with E-state index in [2.05, 4.69) is 17.6 Å². The van der Waals surface area contributed by atoms with Crippen LogP contribution in [0.3, 0.4) is 0 Å². The number of halogens is 2. The maximum Gasteiger partial charge on any atom is 0.171 e. The minimum atomic E-state index is -0.468. The summed E-state index contributed by atoms with van der Waals surface area (Å²) < 4.78 is 13.7. The Labute approximate surface area is 123 Å². The average Bonchev–Trinajstić information content (AvgIpc) is 2.38. The van der Waals surface area contributed by atoms with Gasteiger partial charge in [-0.25, -0.2) is 4.39 Å². The fraction of sp³-hybridized carbons (Fsp3) is 0.500. The van der Waals surface area contributed by atoms with Crippen LogP contribution in [-0.4, -0.2) is 11.2 Å². The van der Waals surface area contributed by atoms with Crippen LogP contribution in [-0.2, 0) is 0 Å². The minimum Gasteiger partial charge on any atom is -0.359 e. The predicted octanol–water partition coefficient (Wildman–Crippen LogP) is 4.34. The molecular formula is C14H18ClFN2S. The molecule has 5 heteroatoms. The first kappa shape index (κ1) is 14.5. The third kappa shape index (κ3) is 3.80. The van der Waals surface area contributed by atoms with E-state index in [0.717, 1.165) is 6.42 Å². The van der Waals surface area contributed by atoms with Crippen molar-refractivity contribution in [1.29, 1.82) is 0 Å². The van der Waals surface area contributed by atoms with E-state index in [0.29, 0.717) is 22.8 Å². The number of thiocarbonyl (C=S) groups is 1. The van der Waals surface area contributed by atoms with Gasteiger partial charge in [0.15, 0.2) is 10.9 Å². The molecule has 2 rings (SSSR count). The van der Waals surface area contributed by atoms with E-state index in [1.165, 1.54) is 25.3 Å². The summed E-state index contributed by atoms with van der Waals surface area (Å²) in [5, 5.41) is 6.71. The fourth-order valence-electron chi connectivity index (χ4n) is 2.46. The van der Waals surface area contributed by atoms with Gasteiger partial charge in [-0.2, -0.15) is 0 Å². The molecule has 1 fully saturated rings. The zero-order chi connectivity index (χ0) is 13.8. The Morgan fingerprint density at radius 2 is 2.11 bits per heavy atom. The Hall–Kier alpha value is -0.870. The van der Waals surface area contributed by atoms with Crippen LogP contribution in [0.15, 0.2) is 18.2 Å². The highest BCUT2D eigenvalue weighted by atomic mass is 35.5. The normalized spacial score (nSPS) is 22.9. The molecule has 0 heterocycles. The Kier molecular flexibility index (Phi) is 4.99. The van der Waals surface area contributed by atoms with Crippen molar-refractivity contribution < 1.29 is 4.39 Å². The Morgan fingerprint density at radius 1 is 1.37 bits per heavy atom. The maximum absolute atomic E-state index is 13.7. The molecule has 0 unspecified atom stereocenters. The minimum absolute atomic E-state index is 0.0961. The third-order valence-electron chi connectivity index (χ3n) is 3.63. The van der Waals surface area contributed by atoms with E-state index in [4.69, 9.17) is 23.8 Å². The molecule has 0 aromatic heterocycles. The molecule has 0 amide bonds. The summed E-state index contributed by atoms with van der Waals surface area (Å²) in [6.07, 6.45) is 4.82. The van der Waals surface area contributed by atoms with Gasteiger partial charge in [-0.05, 0) is 43.1 Å². The highest BCUT2D eigenvalue weighted by molar-refractivity contribution is 7.80. The van der Waals surface area contributed by atoms with Crippen LogP contribution in [0.2, 0.25) is 5.02 Å². The summed E-state index contributed by atoms with van der Waals surface area (Å²) in [6, 6.07) is 5.21. The third-order valence-corrected chi connectivity index (χ3v) is 4.14. The number of hydrogen-bond acceptors (Lipinski definition) is 1. The summed E-state index contributed by atoms with van der Waals surface area (Å²) in [6.45, 7) is 2.22. The van der Waals surface area contributed by atoms with E-state index in [1.54, 1.807) is 12.1 Å². The lowest BCUT2D eigenvalue weighted by Gasteiger charge is -2.30. The quantitative estimate of drug-likeness (QED) is 0.794. The molecule has 2 atom stereocenters. The Balaban J connectivity index is 1.95. The van der Waals surface area contributed by atoms with Gasteiger partial charge in [0, 0.05) is 6.04 Å². The Morgan fingerprint density at radius 3 is 2.84 bits per heavy atom. The van der Waals surface area contributed by atoms with Gasteiger partial charge in [0.05, 0.1) is 10.7 Å². The van der Waals surface area contributed by atoms with Crippen molar-refractivity contribution in [2.45, 2.75) is 38.6 Å². The van der Waals surface area contributed by atoms with Gasteiger partial charge >= 0.3 is 0 Å². The highest BCUT2D eigenvalue weighted by Gasteiger charge is 2.21. The molecule has 2 N–H and O–H groups in total. The van der Waals surface area contributed by atoms with Crippen LogP contribution in [0.5, 0.6) is 0 Å². The lowest BCUT2D eigenvalue weighted by Crippen LogP contribution is -2.43. The van der Waals surface area contributed by atoms with Gasteiger partial charge in [0.25, 0.3) is 0 Å². The molecule has 1 aliphatic carbocycles. The van der Waals surface area contributed by atoms with Crippen LogP contribution in [0, 0.1) is 11.7 Å². The lowest BCUT2D eigenvalue weighted by molar-refractivity contribution is 0.309. The van der Waals surface area contributed by atoms with Gasteiger partial charge in [0.1, 0.15) is 0 Å². The van der Waals surface area contributed by atoms with Crippen molar-refractivity contribution in [1.82, 2.24) is 5.32 Å². The van der Waals surface area contributed by atoms with Crippen LogP contribution in [0.25, 0.3) is 0 Å². The molecule has 0 aliphatic heterocycles. The summed E-state index contributed by atoms with van der Waals surface area (Å²) in [5.41, 5.74) is 0.313. The average molecular weight is 301 g/mol. The maximum atomic E-state index is 13.7. The van der Waals surface area contributed by atoms with Crippen LogP contribution in [0.4, 0.5) is 10.1 Å². The highest BCUT2D eigenvalue weighted by Crippen LogP contribution is 2.25. The van der Waals surface area contributed by atoms with Crippen molar-refractivity contribution in [3.63, 3.8) is 0 Å². The zero-order valence-corrected chi connectivity index (χ0v) is 12.5. The van der Waals surface area contributed by atoms with Gasteiger partial charge in [-0.3, -0.25) is 0 Å². The van der Waals surface area contributed by atoms with Gasteiger partial charge in [-0.1, -0.05) is 37.4 Å². The van der Waals surface area contributed by atoms with E-state index >= 15 is 0 Å². The van der Waals surface area contributed by atoms with Crippen LogP contribution in [0.1, 0.15) is 32.6 Å². The smallest absolute Gasteiger partial charge is 0.171 e. The first-order valence-corrected chi connectivity index (χ1v) is 7.38. The standard InChI is InChI=1S/C14H18ClFN2S/c1-9-5-2-3-7-11(9)17-14(19)18-12-8-4-6-10(15)13(12)16/h4,6,8-9,11H,2-3,5,7H2,1H3,(H2,17,18,19)/t9-,11-/m1/s1. The van der Waals surface area contributed by atoms with Crippen molar-refractivity contribution in [2.24, 2.45) is 5.92 Å². The van der Waals surface area contributed by atoms with E-state index in [-0.39, 0.29) is 5.02 Å². The topological polar surface area (TPSA) is 24.1 Å². The number of rotatable bonds is 2.